The summed E-state index contributed by atoms with van der Waals surface area (Å²) in [5, 5.41) is 135. The molecule has 0 aliphatic carbocycles. The number of hydrogen-bond donors (Lipinski definition) is 10. The average Bonchev–Trinajstić information content (AvgIpc) is 1.79. The SMILES string of the molecule is CN(c1ncc(-c2ccc(-c3cc4cnn(C)c4cn3)cc2O)nn1)C1CC(C)(C)NC(C)(C)C1.CNC1CCN(c2ncc(-c3ccc(-n4cc(F)cn4)cc3O)nn2)C1.CNC1CCN(c2ncc(-c3ccc(-n4ccnc4)cc3O)nn2)C1.CNC1CCN(c2ncc(-c3ccc(-n4nccn4)cc3O)nn2)C1.Cn1ncc2ccc(-c3ccc(-c4cnc(N5CCC(NC(C)(C)C)C5)nn4)c(O)c3)nc21. The van der Waals surface area contributed by atoms with Gasteiger partial charge in [0.25, 0.3) is 0 Å². The molecule has 4 atom stereocenters. The third-order valence-corrected chi connectivity index (χ3v) is 25.9. The van der Waals surface area contributed by atoms with Crippen molar-refractivity contribution in [1.29, 1.82) is 0 Å². The lowest BCUT2D eigenvalue weighted by molar-refractivity contribution is 0.160. The summed E-state index contributed by atoms with van der Waals surface area (Å²) in [6.07, 6.45) is 30.5. The number of piperidine rings is 1. The Bertz CT molecular complexity index is 7090. The number of benzene rings is 5. The van der Waals surface area contributed by atoms with Crippen LogP contribution in [0.3, 0.4) is 0 Å². The zero-order chi connectivity index (χ0) is 101. The Morgan fingerprint density at radius 3 is 1.30 bits per heavy atom. The fourth-order valence-corrected chi connectivity index (χ4v) is 18.7. The van der Waals surface area contributed by atoms with Gasteiger partial charge < -0.3 is 81.2 Å². The highest BCUT2D eigenvalue weighted by Crippen LogP contribution is 2.40. The molecule has 0 spiro atoms. The summed E-state index contributed by atoms with van der Waals surface area (Å²) in [6, 6.07) is 34.2. The van der Waals surface area contributed by atoms with Gasteiger partial charge >= 0.3 is 0 Å². The molecule has 10 N–H and O–H groups in total. The van der Waals surface area contributed by atoms with E-state index in [9.17, 15) is 29.9 Å². The second-order valence-electron chi connectivity index (χ2n) is 38.5. The minimum Gasteiger partial charge on any atom is -0.507 e. The summed E-state index contributed by atoms with van der Waals surface area (Å²) < 4.78 is 19.8. The van der Waals surface area contributed by atoms with Crippen LogP contribution in [0.4, 0.5) is 34.1 Å². The second kappa shape index (κ2) is 42.2. The van der Waals surface area contributed by atoms with Gasteiger partial charge in [-0.2, -0.15) is 30.3 Å². The quantitative estimate of drug-likeness (QED) is 0.0339. The highest BCUT2D eigenvalue weighted by atomic mass is 19.1. The molecule has 5 aliphatic rings. The van der Waals surface area contributed by atoms with Gasteiger partial charge in [0.2, 0.25) is 29.7 Å². The zero-order valence-corrected chi connectivity index (χ0v) is 82.2. The molecule has 22 rings (SSSR count). The van der Waals surface area contributed by atoms with Gasteiger partial charge in [-0.1, -0.05) is 12.1 Å². The molecule has 4 unspecified atom stereocenters. The fraction of sp³-hybridized carbons (Fsp3) is 0.350. The molecule has 17 heterocycles. The number of fused-ring (bicyclic) bond motifs is 2. The maximum absolute atomic E-state index is 13.1. The largest absolute Gasteiger partial charge is 0.507 e. The van der Waals surface area contributed by atoms with Crippen molar-refractivity contribution in [2.45, 2.75) is 134 Å². The monoisotopic (exact) mass is 1950 g/mol. The van der Waals surface area contributed by atoms with Gasteiger partial charge in [0, 0.05) is 201 Å². The van der Waals surface area contributed by atoms with Crippen LogP contribution < -0.4 is 51.1 Å². The van der Waals surface area contributed by atoms with E-state index in [0.717, 1.165) is 147 Å². The minimum atomic E-state index is -0.443. The smallest absolute Gasteiger partial charge is 0.245 e. The van der Waals surface area contributed by atoms with E-state index in [1.165, 1.54) is 21.7 Å². The molecule has 5 fully saturated rings. The first-order chi connectivity index (χ1) is 69.4. The predicted octanol–water partition coefficient (Wildman–Crippen LogP) is 10.3. The van der Waals surface area contributed by atoms with Crippen molar-refractivity contribution in [3.63, 3.8) is 0 Å². The Morgan fingerprint density at radius 2 is 0.861 bits per heavy atom. The fourth-order valence-electron chi connectivity index (χ4n) is 18.7. The Hall–Kier alpha value is -16.3. The normalized spacial score (nSPS) is 17.1. The number of hydrogen-bond acceptors (Lipinski definition) is 38. The predicted molar refractivity (Wildman–Crippen MR) is 544 cm³/mol. The number of aromatic hydroxyl groups is 5. The van der Waals surface area contributed by atoms with Crippen LogP contribution in [0.2, 0.25) is 0 Å². The molecule has 5 aromatic carbocycles. The van der Waals surface area contributed by atoms with E-state index < -0.39 is 5.82 Å². The number of rotatable bonds is 20. The zero-order valence-electron chi connectivity index (χ0n) is 82.2. The number of nitrogens with one attached hydrogen (secondary N) is 5. The third-order valence-electron chi connectivity index (χ3n) is 25.9. The summed E-state index contributed by atoms with van der Waals surface area (Å²) in [4.78, 5) is 47.5. The van der Waals surface area contributed by atoms with Crippen molar-refractivity contribution >= 4 is 51.7 Å². The summed E-state index contributed by atoms with van der Waals surface area (Å²) >= 11 is 0. The Morgan fingerprint density at radius 1 is 0.424 bits per heavy atom. The molecule has 5 aliphatic heterocycles. The molecule has 0 amide bonds. The van der Waals surface area contributed by atoms with Gasteiger partial charge in [-0.25, -0.2) is 44.0 Å². The first-order valence-corrected chi connectivity index (χ1v) is 47.5. The van der Waals surface area contributed by atoms with Crippen LogP contribution in [-0.2, 0) is 14.1 Å². The van der Waals surface area contributed by atoms with Gasteiger partial charge in [-0.3, -0.25) is 14.3 Å². The average molecular weight is 1950 g/mol. The first-order valence-electron chi connectivity index (χ1n) is 47.5. The van der Waals surface area contributed by atoms with Crippen molar-refractivity contribution in [2.24, 2.45) is 14.1 Å². The van der Waals surface area contributed by atoms with Gasteiger partial charge in [0.05, 0.1) is 115 Å². The van der Waals surface area contributed by atoms with Crippen LogP contribution in [0.25, 0.3) is 118 Å². The summed E-state index contributed by atoms with van der Waals surface area (Å²) in [6.45, 7) is 22.5. The maximum Gasteiger partial charge on any atom is 0.245 e. The van der Waals surface area contributed by atoms with Gasteiger partial charge in [-0.15, -0.1) is 51.0 Å². The molecule has 0 bridgehead atoms. The van der Waals surface area contributed by atoms with Gasteiger partial charge in [0.15, 0.2) is 11.5 Å². The molecular formula is C100H115FN38O5. The number of nitrogens with zero attached hydrogens (tertiary/aromatic N) is 33. The highest BCUT2D eigenvalue weighted by Gasteiger charge is 2.40. The number of likely N-dealkylation sites (N-methyl/N-ethyl adjacent to an activating group) is 3. The first kappa shape index (κ1) is 97.9. The summed E-state index contributed by atoms with van der Waals surface area (Å²) in [5.41, 5.74) is 12.5. The van der Waals surface area contributed by atoms with E-state index in [0.29, 0.717) is 128 Å². The van der Waals surface area contributed by atoms with Crippen molar-refractivity contribution in [3.8, 4) is 125 Å². The van der Waals surface area contributed by atoms with E-state index >= 15 is 0 Å². The van der Waals surface area contributed by atoms with Crippen molar-refractivity contribution < 1.29 is 29.9 Å². The number of pyridine rings is 2. The van der Waals surface area contributed by atoms with Crippen LogP contribution in [-0.4, -0.2) is 293 Å². The van der Waals surface area contributed by atoms with Crippen LogP contribution >= 0.6 is 0 Å². The highest BCUT2D eigenvalue weighted by molar-refractivity contribution is 5.84. The minimum absolute atomic E-state index is 0.00122. The molecule has 44 heteroatoms. The van der Waals surface area contributed by atoms with E-state index in [1.54, 1.807) is 126 Å². The van der Waals surface area contributed by atoms with Crippen molar-refractivity contribution in [1.82, 2.24) is 166 Å². The lowest BCUT2D eigenvalue weighted by Gasteiger charge is -2.48. The number of aromatic nitrogens is 28. The van der Waals surface area contributed by atoms with E-state index in [-0.39, 0.29) is 45.4 Å². The van der Waals surface area contributed by atoms with Gasteiger partial charge in [0.1, 0.15) is 57.2 Å². The number of anilines is 5. The second-order valence-corrected chi connectivity index (χ2v) is 38.5. The third kappa shape index (κ3) is 22.8. The number of phenols is 5. The van der Waals surface area contributed by atoms with Crippen LogP contribution in [0.1, 0.15) is 87.0 Å². The number of imidazole rings is 1. The van der Waals surface area contributed by atoms with E-state index in [2.05, 4.69) is 216 Å². The van der Waals surface area contributed by atoms with Crippen LogP contribution in [0.5, 0.6) is 28.7 Å². The molecule has 12 aromatic heterocycles. The van der Waals surface area contributed by atoms with Gasteiger partial charge in [-0.05, 0) is 187 Å². The van der Waals surface area contributed by atoms with Crippen molar-refractivity contribution in [3.05, 3.63) is 208 Å². The molecule has 0 radical (unpaired) electrons. The van der Waals surface area contributed by atoms with E-state index in [1.807, 2.05) is 114 Å². The van der Waals surface area contributed by atoms with Crippen LogP contribution in [0, 0.1) is 5.82 Å². The molecule has 144 heavy (non-hydrogen) atoms. The van der Waals surface area contributed by atoms with E-state index in [4.69, 9.17) is 0 Å². The topological polar surface area (TPSA) is 499 Å². The molecule has 0 saturated carbocycles. The summed E-state index contributed by atoms with van der Waals surface area (Å²) in [5.74, 6) is 2.98. The van der Waals surface area contributed by atoms with Crippen molar-refractivity contribution in [2.75, 3.05) is 105 Å². The molecule has 17 aromatic rings. The molecule has 5 saturated heterocycles. The standard InChI is InChI=1S/C26H32N8O.C24H28N8O.C17H18FN7O.C17H19N7O.C16H18N8O/c1-25(2)11-18(12-26(3,4)32-25)33(5)24-28-14-21(30-31-24)19-8-7-16(10-23(19)35)20-9-17-13-29-34(6)22(17)15-27-20;1-24(2,3)28-17-9-10-32(14-17)23-25-13-20(29-30-23)18-7-5-15(11-21(18)33)19-8-6-16-12-26-31(4)22(16)27-19;1-19-12-4-5-24(10-12)17-20-8-15(22-23-17)14-3-2-13(6-16(14)26)25-9-11(18)7-21-25;1-18-12-4-6-23(10-12)17-20-9-15(21-22-17)14-3-2-13(8-16(14)25)24-7-5-19-11-24;1-17-11-4-7-23(10-11)16-18-9-14(21-22-16)13-3-2-12(8-15(13)25)24-19-5-6-20-24/h7-10,13-15,18,32,35H,11-12H2,1-6H3;5-8,11-13,17,28,33H,9-10,14H2,1-4H3;2-3,6-9,12,19,26H,4-5,10H2,1H3;2-3,5,7-9,11-12,18,25H,4,6,10H2,1H3;2-3,5-6,8-9,11,17,25H,4,7,10H2,1H3. The van der Waals surface area contributed by atoms with Crippen LogP contribution in [0.15, 0.2) is 202 Å². The number of aryl methyl sites for hydroxylation is 2. The number of halogens is 1. The lowest BCUT2D eigenvalue weighted by atomic mass is 9.79. The molecule has 742 valence electrons. The summed E-state index contributed by atoms with van der Waals surface area (Å²) in [7, 11) is 11.6. The Balaban J connectivity index is 0.000000119. The lowest BCUT2D eigenvalue weighted by Crippen LogP contribution is -2.62. The maximum atomic E-state index is 13.1. The molecule has 43 nitrogen and oxygen atoms in total. The Labute approximate surface area is 829 Å². The molecular weight excluding hydrogens is 1830 g/mol. The Kier molecular flexibility index (Phi) is 28.7. The number of phenolic OH excluding ortho intramolecular Hbond substituents is 5.